The number of aryl methyl sites for hydroxylation is 1. The molecule has 2 rings (SSSR count). The minimum absolute atomic E-state index is 0.0268. The van der Waals surface area contributed by atoms with Crippen molar-refractivity contribution >= 4 is 5.91 Å². The highest BCUT2D eigenvalue weighted by Gasteiger charge is 2.23. The van der Waals surface area contributed by atoms with E-state index in [2.05, 4.69) is 22.2 Å². The standard InChI is InChI=1S/C12H20N4O/c1-3-16-6-4-5-11(16)8-13-12(17)10-7-14-15(2)9-10/h7,9,11H,3-6,8H2,1-2H3,(H,13,17)/t11-/m0/s1. The van der Waals surface area contributed by atoms with Crippen molar-refractivity contribution in [1.82, 2.24) is 20.0 Å². The number of hydrogen-bond acceptors (Lipinski definition) is 3. The fourth-order valence-corrected chi connectivity index (χ4v) is 2.39. The number of nitrogens with zero attached hydrogens (tertiary/aromatic N) is 3. The molecular weight excluding hydrogens is 216 g/mol. The molecule has 1 aromatic heterocycles. The van der Waals surface area contributed by atoms with Gasteiger partial charge in [-0.05, 0) is 25.9 Å². The lowest BCUT2D eigenvalue weighted by molar-refractivity contribution is 0.0941. The molecule has 2 heterocycles. The SMILES string of the molecule is CCN1CCC[C@H]1CNC(=O)c1cnn(C)c1. The third kappa shape index (κ3) is 2.85. The summed E-state index contributed by atoms with van der Waals surface area (Å²) in [6, 6.07) is 0.501. The van der Waals surface area contributed by atoms with E-state index in [0.29, 0.717) is 11.6 Å². The van der Waals surface area contributed by atoms with Gasteiger partial charge in [0.05, 0.1) is 11.8 Å². The lowest BCUT2D eigenvalue weighted by atomic mass is 10.2. The van der Waals surface area contributed by atoms with Gasteiger partial charge in [-0.25, -0.2) is 0 Å². The van der Waals surface area contributed by atoms with Gasteiger partial charge in [0.25, 0.3) is 5.91 Å². The van der Waals surface area contributed by atoms with Crippen LogP contribution in [-0.2, 0) is 7.05 Å². The van der Waals surface area contributed by atoms with Crippen LogP contribution >= 0.6 is 0 Å². The van der Waals surface area contributed by atoms with E-state index in [1.54, 1.807) is 17.1 Å². The number of amides is 1. The summed E-state index contributed by atoms with van der Waals surface area (Å²) < 4.78 is 1.64. The minimum atomic E-state index is -0.0268. The number of nitrogens with one attached hydrogen (secondary N) is 1. The number of aromatic nitrogens is 2. The molecule has 0 spiro atoms. The Balaban J connectivity index is 1.84. The zero-order valence-corrected chi connectivity index (χ0v) is 10.5. The molecule has 0 aliphatic carbocycles. The Morgan fingerprint density at radius 3 is 3.12 bits per heavy atom. The van der Waals surface area contributed by atoms with E-state index in [9.17, 15) is 4.79 Å². The summed E-state index contributed by atoms with van der Waals surface area (Å²) in [5, 5.41) is 6.98. The molecule has 0 aromatic carbocycles. The van der Waals surface area contributed by atoms with Gasteiger partial charge >= 0.3 is 0 Å². The maximum atomic E-state index is 11.8. The largest absolute Gasteiger partial charge is 0.350 e. The Kier molecular flexibility index (Phi) is 3.78. The number of hydrogen-bond donors (Lipinski definition) is 1. The molecule has 0 saturated carbocycles. The van der Waals surface area contributed by atoms with Crippen LogP contribution in [0.5, 0.6) is 0 Å². The average Bonchev–Trinajstić information content (AvgIpc) is 2.94. The fraction of sp³-hybridized carbons (Fsp3) is 0.667. The van der Waals surface area contributed by atoms with Crippen molar-refractivity contribution in [2.24, 2.45) is 7.05 Å². The van der Waals surface area contributed by atoms with Gasteiger partial charge in [-0.2, -0.15) is 5.10 Å². The summed E-state index contributed by atoms with van der Waals surface area (Å²) in [4.78, 5) is 14.2. The lowest BCUT2D eigenvalue weighted by Gasteiger charge is -2.22. The van der Waals surface area contributed by atoms with Crippen LogP contribution in [0, 0.1) is 0 Å². The first kappa shape index (κ1) is 12.1. The number of rotatable bonds is 4. The summed E-state index contributed by atoms with van der Waals surface area (Å²) in [5.74, 6) is -0.0268. The Labute approximate surface area is 102 Å². The molecule has 17 heavy (non-hydrogen) atoms. The Hall–Kier alpha value is -1.36. The molecule has 1 fully saturated rings. The molecule has 1 atom stereocenters. The van der Waals surface area contributed by atoms with Gasteiger partial charge in [-0.3, -0.25) is 14.4 Å². The lowest BCUT2D eigenvalue weighted by Crippen LogP contribution is -2.39. The highest BCUT2D eigenvalue weighted by molar-refractivity contribution is 5.93. The van der Waals surface area contributed by atoms with Crippen LogP contribution in [0.4, 0.5) is 0 Å². The monoisotopic (exact) mass is 236 g/mol. The van der Waals surface area contributed by atoms with Crippen molar-refractivity contribution in [3.63, 3.8) is 0 Å². The molecule has 1 aliphatic rings. The zero-order chi connectivity index (χ0) is 12.3. The van der Waals surface area contributed by atoms with E-state index in [-0.39, 0.29) is 5.91 Å². The smallest absolute Gasteiger partial charge is 0.254 e. The molecule has 1 aliphatic heterocycles. The van der Waals surface area contributed by atoms with Gasteiger partial charge in [0.1, 0.15) is 0 Å². The Morgan fingerprint density at radius 2 is 2.47 bits per heavy atom. The molecule has 5 nitrogen and oxygen atoms in total. The van der Waals surface area contributed by atoms with Crippen molar-refractivity contribution in [3.05, 3.63) is 18.0 Å². The molecule has 1 N–H and O–H groups in total. The highest BCUT2D eigenvalue weighted by atomic mass is 16.1. The summed E-state index contributed by atoms with van der Waals surface area (Å²) in [7, 11) is 1.81. The second kappa shape index (κ2) is 5.31. The molecule has 5 heteroatoms. The van der Waals surface area contributed by atoms with E-state index in [1.165, 1.54) is 12.8 Å². The third-order valence-corrected chi connectivity index (χ3v) is 3.37. The van der Waals surface area contributed by atoms with Crippen LogP contribution in [0.3, 0.4) is 0 Å². The second-order valence-corrected chi connectivity index (χ2v) is 4.54. The van der Waals surface area contributed by atoms with Gasteiger partial charge in [0.2, 0.25) is 0 Å². The minimum Gasteiger partial charge on any atom is -0.350 e. The molecule has 0 bridgehead atoms. The van der Waals surface area contributed by atoms with Crippen LogP contribution in [0.1, 0.15) is 30.1 Å². The quantitative estimate of drug-likeness (QED) is 0.834. The molecule has 0 radical (unpaired) electrons. The van der Waals surface area contributed by atoms with Crippen molar-refractivity contribution in [2.75, 3.05) is 19.6 Å². The highest BCUT2D eigenvalue weighted by Crippen LogP contribution is 2.15. The molecule has 94 valence electrons. The van der Waals surface area contributed by atoms with E-state index < -0.39 is 0 Å². The van der Waals surface area contributed by atoms with Crippen molar-refractivity contribution in [3.8, 4) is 0 Å². The summed E-state index contributed by atoms with van der Waals surface area (Å²) in [5.41, 5.74) is 0.633. The molecule has 1 saturated heterocycles. The maximum absolute atomic E-state index is 11.8. The van der Waals surface area contributed by atoms with Gasteiger partial charge in [0.15, 0.2) is 0 Å². The summed E-state index contributed by atoms with van der Waals surface area (Å²) in [6.07, 6.45) is 5.76. The fourth-order valence-electron chi connectivity index (χ4n) is 2.39. The van der Waals surface area contributed by atoms with Gasteiger partial charge in [0, 0.05) is 25.8 Å². The van der Waals surface area contributed by atoms with Crippen LogP contribution in [0.15, 0.2) is 12.4 Å². The van der Waals surface area contributed by atoms with E-state index in [4.69, 9.17) is 0 Å². The predicted molar refractivity (Wildman–Crippen MR) is 65.8 cm³/mol. The van der Waals surface area contributed by atoms with Crippen molar-refractivity contribution in [1.29, 1.82) is 0 Å². The van der Waals surface area contributed by atoms with Crippen molar-refractivity contribution in [2.45, 2.75) is 25.8 Å². The zero-order valence-electron chi connectivity index (χ0n) is 10.5. The van der Waals surface area contributed by atoms with Crippen molar-refractivity contribution < 1.29 is 4.79 Å². The first-order valence-electron chi connectivity index (χ1n) is 6.21. The molecule has 1 aromatic rings. The van der Waals surface area contributed by atoms with Gasteiger partial charge < -0.3 is 5.32 Å². The van der Waals surface area contributed by atoms with Crippen LogP contribution in [-0.4, -0.2) is 46.3 Å². The summed E-state index contributed by atoms with van der Waals surface area (Å²) in [6.45, 7) is 5.13. The Bertz CT molecular complexity index is 388. The molecule has 1 amide bonds. The summed E-state index contributed by atoms with van der Waals surface area (Å²) >= 11 is 0. The first-order chi connectivity index (χ1) is 8.20. The van der Waals surface area contributed by atoms with E-state index in [0.717, 1.165) is 19.6 Å². The molecular formula is C12H20N4O. The van der Waals surface area contributed by atoms with Gasteiger partial charge in [-0.1, -0.05) is 6.92 Å². The van der Waals surface area contributed by atoms with Crippen LogP contribution in [0.25, 0.3) is 0 Å². The maximum Gasteiger partial charge on any atom is 0.254 e. The Morgan fingerprint density at radius 1 is 1.65 bits per heavy atom. The molecule has 0 unspecified atom stereocenters. The van der Waals surface area contributed by atoms with Gasteiger partial charge in [-0.15, -0.1) is 0 Å². The number of likely N-dealkylation sites (tertiary alicyclic amines) is 1. The van der Waals surface area contributed by atoms with Crippen LogP contribution < -0.4 is 5.32 Å². The third-order valence-electron chi connectivity index (χ3n) is 3.37. The normalized spacial score (nSPS) is 20.7. The van der Waals surface area contributed by atoms with E-state index >= 15 is 0 Å². The second-order valence-electron chi connectivity index (χ2n) is 4.54. The predicted octanol–water partition coefficient (Wildman–Crippen LogP) is 0.634. The number of carbonyl (C=O) groups excluding carboxylic acids is 1. The first-order valence-corrected chi connectivity index (χ1v) is 6.21. The number of likely N-dealkylation sites (N-methyl/N-ethyl adjacent to an activating group) is 1. The number of carbonyl (C=O) groups is 1. The average molecular weight is 236 g/mol. The van der Waals surface area contributed by atoms with E-state index in [1.807, 2.05) is 7.05 Å². The van der Waals surface area contributed by atoms with Crippen LogP contribution in [0.2, 0.25) is 0 Å². The topological polar surface area (TPSA) is 50.2 Å².